The van der Waals surface area contributed by atoms with E-state index in [0.717, 1.165) is 12.2 Å². The van der Waals surface area contributed by atoms with E-state index in [-0.39, 0.29) is 12.0 Å². The second kappa shape index (κ2) is 6.43. The molecule has 0 aliphatic carbocycles. The Morgan fingerprint density at radius 2 is 2.09 bits per heavy atom. The van der Waals surface area contributed by atoms with E-state index in [9.17, 15) is 4.79 Å². The van der Waals surface area contributed by atoms with Crippen molar-refractivity contribution in [2.45, 2.75) is 12.5 Å². The van der Waals surface area contributed by atoms with Crippen molar-refractivity contribution in [1.82, 2.24) is 14.9 Å². The maximum atomic E-state index is 12.6. The fourth-order valence-corrected chi connectivity index (χ4v) is 2.50. The lowest BCUT2D eigenvalue weighted by atomic mass is 10.2. The van der Waals surface area contributed by atoms with Crippen LogP contribution < -0.4 is 9.47 Å². The van der Waals surface area contributed by atoms with E-state index in [2.05, 4.69) is 9.97 Å². The van der Waals surface area contributed by atoms with Crippen LogP contribution in [0.2, 0.25) is 0 Å². The number of likely N-dealkylation sites (tertiary alicyclic amines) is 1. The number of hydrogen-bond donors (Lipinski definition) is 0. The van der Waals surface area contributed by atoms with E-state index in [0.29, 0.717) is 24.5 Å². The molecule has 3 heterocycles. The van der Waals surface area contributed by atoms with Crippen molar-refractivity contribution in [3.63, 3.8) is 0 Å². The van der Waals surface area contributed by atoms with Crippen molar-refractivity contribution >= 4 is 5.91 Å². The summed E-state index contributed by atoms with van der Waals surface area (Å²) in [5.41, 5.74) is 0.481. The first kappa shape index (κ1) is 14.3. The number of nitrogens with zero attached hydrogens (tertiary/aromatic N) is 3. The van der Waals surface area contributed by atoms with Gasteiger partial charge >= 0.3 is 0 Å². The molecule has 0 aromatic carbocycles. The van der Waals surface area contributed by atoms with Gasteiger partial charge in [0.05, 0.1) is 13.7 Å². The molecule has 0 unspecified atom stereocenters. The van der Waals surface area contributed by atoms with Gasteiger partial charge in [-0.2, -0.15) is 0 Å². The predicted molar refractivity (Wildman–Crippen MR) is 80.0 cm³/mol. The number of methoxy groups -OCH3 is 1. The summed E-state index contributed by atoms with van der Waals surface area (Å²) < 4.78 is 11.0. The maximum absolute atomic E-state index is 12.6. The molecular formula is C16H17N3O3. The zero-order valence-electron chi connectivity index (χ0n) is 12.3. The number of carbonyl (C=O) groups excluding carboxylic acids is 1. The molecule has 1 amide bonds. The SMILES string of the molecule is COc1ncccc1C(=O)N1CC[C@@H](Oc2ccncc2)C1. The smallest absolute Gasteiger partial charge is 0.259 e. The van der Waals surface area contributed by atoms with Crippen LogP contribution in [0.15, 0.2) is 42.9 Å². The highest BCUT2D eigenvalue weighted by Crippen LogP contribution is 2.22. The van der Waals surface area contributed by atoms with Crippen molar-refractivity contribution in [2.75, 3.05) is 20.2 Å². The summed E-state index contributed by atoms with van der Waals surface area (Å²) in [5, 5.41) is 0. The molecule has 0 radical (unpaired) electrons. The third-order valence-corrected chi connectivity index (χ3v) is 3.58. The van der Waals surface area contributed by atoms with Crippen molar-refractivity contribution in [1.29, 1.82) is 0 Å². The molecule has 0 saturated carbocycles. The Kier molecular flexibility index (Phi) is 4.18. The average molecular weight is 299 g/mol. The summed E-state index contributed by atoms with van der Waals surface area (Å²) in [6.45, 7) is 1.21. The highest BCUT2D eigenvalue weighted by Gasteiger charge is 2.29. The summed E-state index contributed by atoms with van der Waals surface area (Å²) in [6, 6.07) is 7.09. The number of rotatable bonds is 4. The lowest BCUT2D eigenvalue weighted by Crippen LogP contribution is -2.31. The third-order valence-electron chi connectivity index (χ3n) is 3.58. The highest BCUT2D eigenvalue weighted by molar-refractivity contribution is 5.96. The molecule has 0 N–H and O–H groups in total. The molecule has 1 aliphatic heterocycles. The lowest BCUT2D eigenvalue weighted by molar-refractivity contribution is 0.0768. The molecule has 1 fully saturated rings. The quantitative estimate of drug-likeness (QED) is 0.861. The first-order valence-electron chi connectivity index (χ1n) is 7.13. The Balaban J connectivity index is 1.66. The van der Waals surface area contributed by atoms with Crippen molar-refractivity contribution < 1.29 is 14.3 Å². The van der Waals surface area contributed by atoms with Crippen LogP contribution in [0.25, 0.3) is 0 Å². The Labute approximate surface area is 128 Å². The van der Waals surface area contributed by atoms with Gasteiger partial charge in [0.25, 0.3) is 5.91 Å². The van der Waals surface area contributed by atoms with Crippen LogP contribution in [0.3, 0.4) is 0 Å². The molecule has 3 rings (SSSR count). The second-order valence-electron chi connectivity index (χ2n) is 5.02. The van der Waals surface area contributed by atoms with Gasteiger partial charge in [-0.15, -0.1) is 0 Å². The molecule has 114 valence electrons. The van der Waals surface area contributed by atoms with E-state index < -0.39 is 0 Å². The zero-order valence-corrected chi connectivity index (χ0v) is 12.3. The minimum atomic E-state index is -0.0780. The zero-order chi connectivity index (χ0) is 15.4. The van der Waals surface area contributed by atoms with E-state index >= 15 is 0 Å². The van der Waals surface area contributed by atoms with Gasteiger partial charge in [-0.1, -0.05) is 0 Å². The maximum Gasteiger partial charge on any atom is 0.259 e. The normalized spacial score (nSPS) is 17.3. The summed E-state index contributed by atoms with van der Waals surface area (Å²) in [6.07, 6.45) is 5.78. The monoisotopic (exact) mass is 299 g/mol. The summed E-state index contributed by atoms with van der Waals surface area (Å²) in [4.78, 5) is 22.4. The molecular weight excluding hydrogens is 282 g/mol. The summed E-state index contributed by atoms with van der Waals surface area (Å²) in [5.74, 6) is 1.05. The number of pyridine rings is 2. The Bertz CT molecular complexity index is 648. The first-order valence-corrected chi connectivity index (χ1v) is 7.13. The number of amides is 1. The molecule has 22 heavy (non-hydrogen) atoms. The van der Waals surface area contributed by atoms with Crippen LogP contribution in [0, 0.1) is 0 Å². The predicted octanol–water partition coefficient (Wildman–Crippen LogP) is 1.78. The highest BCUT2D eigenvalue weighted by atomic mass is 16.5. The fraction of sp³-hybridized carbons (Fsp3) is 0.312. The molecule has 1 aliphatic rings. The van der Waals surface area contributed by atoms with Crippen LogP contribution in [0.1, 0.15) is 16.8 Å². The Hall–Kier alpha value is -2.63. The van der Waals surface area contributed by atoms with Crippen LogP contribution in [0.5, 0.6) is 11.6 Å². The fourth-order valence-electron chi connectivity index (χ4n) is 2.50. The summed E-state index contributed by atoms with van der Waals surface area (Å²) >= 11 is 0. The van der Waals surface area contributed by atoms with Gasteiger partial charge in [-0.3, -0.25) is 9.78 Å². The molecule has 2 aromatic rings. The molecule has 6 nitrogen and oxygen atoms in total. The van der Waals surface area contributed by atoms with Crippen molar-refractivity contribution in [3.05, 3.63) is 48.4 Å². The lowest BCUT2D eigenvalue weighted by Gasteiger charge is -2.18. The standard InChI is InChI=1S/C16H17N3O3/c1-21-15-14(3-2-7-18-15)16(20)19-10-6-13(11-19)22-12-4-8-17-9-5-12/h2-5,7-9,13H,6,10-11H2,1H3/t13-/m1/s1. The minimum Gasteiger partial charge on any atom is -0.488 e. The van der Waals surface area contributed by atoms with Crippen LogP contribution in [-0.2, 0) is 0 Å². The van der Waals surface area contributed by atoms with Gasteiger partial charge in [0.1, 0.15) is 17.4 Å². The topological polar surface area (TPSA) is 64.5 Å². The number of carbonyl (C=O) groups is 1. The van der Waals surface area contributed by atoms with E-state index in [1.807, 2.05) is 12.1 Å². The largest absolute Gasteiger partial charge is 0.488 e. The second-order valence-corrected chi connectivity index (χ2v) is 5.02. The van der Waals surface area contributed by atoms with E-state index in [1.165, 1.54) is 7.11 Å². The Morgan fingerprint density at radius 3 is 2.86 bits per heavy atom. The molecule has 0 bridgehead atoms. The third kappa shape index (κ3) is 3.00. The molecule has 1 saturated heterocycles. The minimum absolute atomic E-state index is 0.00554. The average Bonchev–Trinajstić information content (AvgIpc) is 3.03. The van der Waals surface area contributed by atoms with Gasteiger partial charge in [0, 0.05) is 31.6 Å². The van der Waals surface area contributed by atoms with Gasteiger partial charge in [-0.05, 0) is 24.3 Å². The van der Waals surface area contributed by atoms with Crippen LogP contribution >= 0.6 is 0 Å². The van der Waals surface area contributed by atoms with Crippen molar-refractivity contribution in [2.24, 2.45) is 0 Å². The summed E-state index contributed by atoms with van der Waals surface area (Å²) in [7, 11) is 1.51. The number of aromatic nitrogens is 2. The van der Waals surface area contributed by atoms with Crippen LogP contribution in [-0.4, -0.2) is 47.1 Å². The number of hydrogen-bond acceptors (Lipinski definition) is 5. The molecule has 1 atom stereocenters. The van der Waals surface area contributed by atoms with E-state index in [4.69, 9.17) is 9.47 Å². The number of ether oxygens (including phenoxy) is 2. The molecule has 6 heteroatoms. The van der Waals surface area contributed by atoms with E-state index in [1.54, 1.807) is 35.6 Å². The van der Waals surface area contributed by atoms with Gasteiger partial charge < -0.3 is 14.4 Å². The van der Waals surface area contributed by atoms with Crippen molar-refractivity contribution in [3.8, 4) is 11.6 Å². The Morgan fingerprint density at radius 1 is 1.27 bits per heavy atom. The van der Waals surface area contributed by atoms with Gasteiger partial charge in [-0.25, -0.2) is 4.98 Å². The van der Waals surface area contributed by atoms with Gasteiger partial charge in [0.2, 0.25) is 5.88 Å². The first-order chi connectivity index (χ1) is 10.8. The molecule has 0 spiro atoms. The molecule has 2 aromatic heterocycles. The van der Waals surface area contributed by atoms with Crippen LogP contribution in [0.4, 0.5) is 0 Å². The van der Waals surface area contributed by atoms with Gasteiger partial charge in [0.15, 0.2) is 0 Å².